The van der Waals surface area contributed by atoms with Gasteiger partial charge in [-0.15, -0.1) is 0 Å². The van der Waals surface area contributed by atoms with E-state index in [-0.39, 0.29) is 5.78 Å². The number of nitrogens with zero attached hydrogens (tertiary/aromatic N) is 1. The first-order valence-corrected chi connectivity index (χ1v) is 5.32. The average molecular weight is 206 g/mol. The van der Waals surface area contributed by atoms with Gasteiger partial charge in [0.1, 0.15) is 5.78 Å². The fourth-order valence-corrected chi connectivity index (χ4v) is 1.24. The monoisotopic (exact) mass is 206 g/mol. The van der Waals surface area contributed by atoms with Crippen LogP contribution in [-0.2, 0) is 11.2 Å². The van der Waals surface area contributed by atoms with E-state index >= 15 is 0 Å². The summed E-state index contributed by atoms with van der Waals surface area (Å²) in [5.74, 6) is 0.264. The minimum absolute atomic E-state index is 0.264. The topological polar surface area (TPSA) is 42.0 Å². The summed E-state index contributed by atoms with van der Waals surface area (Å²) in [5.41, 5.74) is 1.17. The minimum atomic E-state index is 0.264. The molecule has 0 radical (unpaired) electrons. The Labute approximate surface area is 90.9 Å². The molecule has 1 heterocycles. The lowest BCUT2D eigenvalue weighted by molar-refractivity contribution is -0.118. The molecule has 1 aromatic rings. The molecule has 0 fully saturated rings. The molecule has 0 aromatic carbocycles. The van der Waals surface area contributed by atoms with Gasteiger partial charge in [0.05, 0.1) is 6.54 Å². The molecule has 0 amide bonds. The fraction of sp³-hybridized carbons (Fsp3) is 0.500. The van der Waals surface area contributed by atoms with E-state index in [9.17, 15) is 4.79 Å². The van der Waals surface area contributed by atoms with Crippen molar-refractivity contribution < 1.29 is 4.79 Å². The summed E-state index contributed by atoms with van der Waals surface area (Å²) in [7, 11) is 0. The number of aromatic nitrogens is 1. The van der Waals surface area contributed by atoms with Gasteiger partial charge >= 0.3 is 0 Å². The van der Waals surface area contributed by atoms with Crippen molar-refractivity contribution in [2.45, 2.75) is 32.7 Å². The lowest BCUT2D eigenvalue weighted by atomic mass is 10.1. The van der Waals surface area contributed by atoms with E-state index in [0.717, 1.165) is 6.42 Å². The van der Waals surface area contributed by atoms with E-state index in [2.05, 4.69) is 10.3 Å². The largest absolute Gasteiger partial charge is 0.308 e. The van der Waals surface area contributed by atoms with Crippen LogP contribution in [0.2, 0.25) is 0 Å². The molecule has 0 aliphatic heterocycles. The number of hydrogen-bond donors (Lipinski definition) is 1. The molecule has 0 aliphatic carbocycles. The van der Waals surface area contributed by atoms with Gasteiger partial charge in [0, 0.05) is 24.9 Å². The highest BCUT2D eigenvalue weighted by molar-refractivity contribution is 5.80. The Kier molecular flexibility index (Phi) is 4.98. The van der Waals surface area contributed by atoms with Crippen LogP contribution in [-0.4, -0.2) is 23.4 Å². The molecule has 0 spiro atoms. The number of carbonyl (C=O) groups excluding carboxylic acids is 1. The number of hydrogen-bond acceptors (Lipinski definition) is 3. The standard InChI is InChI=1S/C12H18N2O/c1-10(2)14-9-12(15)4-3-11-5-7-13-8-6-11/h5-8,10,14H,3-4,9H2,1-2H3. The quantitative estimate of drug-likeness (QED) is 0.768. The normalized spacial score (nSPS) is 10.6. The Balaban J connectivity index is 2.23. The van der Waals surface area contributed by atoms with Crippen molar-refractivity contribution in [1.29, 1.82) is 0 Å². The molecule has 0 unspecified atom stereocenters. The minimum Gasteiger partial charge on any atom is -0.308 e. The van der Waals surface area contributed by atoms with Crippen LogP contribution in [0.25, 0.3) is 0 Å². The predicted molar refractivity (Wildman–Crippen MR) is 60.7 cm³/mol. The molecule has 0 saturated heterocycles. The highest BCUT2D eigenvalue weighted by Gasteiger charge is 2.03. The first-order valence-electron chi connectivity index (χ1n) is 5.32. The van der Waals surface area contributed by atoms with E-state index in [1.807, 2.05) is 26.0 Å². The van der Waals surface area contributed by atoms with Crippen LogP contribution >= 0.6 is 0 Å². The number of rotatable bonds is 6. The zero-order chi connectivity index (χ0) is 11.1. The lowest BCUT2D eigenvalue weighted by Crippen LogP contribution is -2.29. The highest BCUT2D eigenvalue weighted by Crippen LogP contribution is 2.00. The zero-order valence-corrected chi connectivity index (χ0v) is 9.36. The third-order valence-electron chi connectivity index (χ3n) is 2.15. The molecule has 1 rings (SSSR count). The number of pyridine rings is 1. The van der Waals surface area contributed by atoms with Crippen LogP contribution in [0.1, 0.15) is 25.8 Å². The van der Waals surface area contributed by atoms with Gasteiger partial charge in [0.25, 0.3) is 0 Å². The molecular formula is C12H18N2O. The molecule has 0 bridgehead atoms. The maximum absolute atomic E-state index is 11.4. The van der Waals surface area contributed by atoms with Crippen molar-refractivity contribution >= 4 is 5.78 Å². The second-order valence-electron chi connectivity index (χ2n) is 3.93. The SMILES string of the molecule is CC(C)NCC(=O)CCc1ccncc1. The van der Waals surface area contributed by atoms with Gasteiger partial charge in [-0.05, 0) is 24.1 Å². The van der Waals surface area contributed by atoms with Crippen molar-refractivity contribution in [2.24, 2.45) is 0 Å². The van der Waals surface area contributed by atoms with Crippen molar-refractivity contribution in [2.75, 3.05) is 6.54 Å². The Bertz CT molecular complexity index is 296. The Morgan fingerprint density at radius 3 is 2.67 bits per heavy atom. The summed E-state index contributed by atoms with van der Waals surface area (Å²) in [6.45, 7) is 4.55. The number of nitrogens with one attached hydrogen (secondary N) is 1. The van der Waals surface area contributed by atoms with Gasteiger partial charge in [-0.1, -0.05) is 13.8 Å². The number of ketones is 1. The molecule has 3 nitrogen and oxygen atoms in total. The first-order chi connectivity index (χ1) is 7.18. The van der Waals surface area contributed by atoms with Gasteiger partial charge in [-0.2, -0.15) is 0 Å². The third kappa shape index (κ3) is 5.27. The van der Waals surface area contributed by atoms with Crippen LogP contribution < -0.4 is 5.32 Å². The van der Waals surface area contributed by atoms with E-state index in [4.69, 9.17) is 0 Å². The summed E-state index contributed by atoms with van der Waals surface area (Å²) in [4.78, 5) is 15.4. The average Bonchev–Trinajstić information content (AvgIpc) is 2.25. The lowest BCUT2D eigenvalue weighted by Gasteiger charge is -2.06. The van der Waals surface area contributed by atoms with Crippen molar-refractivity contribution in [3.63, 3.8) is 0 Å². The van der Waals surface area contributed by atoms with Crippen LogP contribution in [0, 0.1) is 0 Å². The van der Waals surface area contributed by atoms with E-state index in [1.54, 1.807) is 12.4 Å². The van der Waals surface area contributed by atoms with E-state index in [0.29, 0.717) is 19.0 Å². The molecule has 1 N–H and O–H groups in total. The Morgan fingerprint density at radius 2 is 2.07 bits per heavy atom. The zero-order valence-electron chi connectivity index (χ0n) is 9.36. The summed E-state index contributed by atoms with van der Waals surface area (Å²) < 4.78 is 0. The fourth-order valence-electron chi connectivity index (χ4n) is 1.24. The van der Waals surface area contributed by atoms with Crippen molar-refractivity contribution in [1.82, 2.24) is 10.3 Å². The molecule has 0 atom stereocenters. The third-order valence-corrected chi connectivity index (χ3v) is 2.15. The summed E-state index contributed by atoms with van der Waals surface area (Å²) in [6, 6.07) is 4.27. The summed E-state index contributed by atoms with van der Waals surface area (Å²) in [6.07, 6.45) is 4.92. The van der Waals surface area contributed by atoms with Crippen LogP contribution in [0.15, 0.2) is 24.5 Å². The predicted octanol–water partition coefficient (Wildman–Crippen LogP) is 1.58. The van der Waals surface area contributed by atoms with Gasteiger partial charge in [-0.3, -0.25) is 9.78 Å². The van der Waals surface area contributed by atoms with E-state index in [1.165, 1.54) is 5.56 Å². The van der Waals surface area contributed by atoms with Crippen molar-refractivity contribution in [3.8, 4) is 0 Å². The number of aryl methyl sites for hydroxylation is 1. The molecule has 0 aliphatic rings. The second kappa shape index (κ2) is 6.30. The molecule has 1 aromatic heterocycles. The maximum Gasteiger partial charge on any atom is 0.146 e. The van der Waals surface area contributed by atoms with E-state index < -0.39 is 0 Å². The Morgan fingerprint density at radius 1 is 1.40 bits per heavy atom. The van der Waals surface area contributed by atoms with Gasteiger partial charge in [0.15, 0.2) is 0 Å². The Hall–Kier alpha value is -1.22. The van der Waals surface area contributed by atoms with Gasteiger partial charge in [0.2, 0.25) is 0 Å². The van der Waals surface area contributed by atoms with Crippen molar-refractivity contribution in [3.05, 3.63) is 30.1 Å². The molecule has 15 heavy (non-hydrogen) atoms. The maximum atomic E-state index is 11.4. The second-order valence-corrected chi connectivity index (χ2v) is 3.93. The van der Waals surface area contributed by atoms with Crippen LogP contribution in [0.4, 0.5) is 0 Å². The summed E-state index contributed by atoms with van der Waals surface area (Å²) in [5, 5.41) is 3.12. The molecule has 82 valence electrons. The summed E-state index contributed by atoms with van der Waals surface area (Å²) >= 11 is 0. The first kappa shape index (κ1) is 11.9. The van der Waals surface area contributed by atoms with Crippen LogP contribution in [0.5, 0.6) is 0 Å². The van der Waals surface area contributed by atoms with Gasteiger partial charge in [-0.25, -0.2) is 0 Å². The highest BCUT2D eigenvalue weighted by atomic mass is 16.1. The molecule has 3 heteroatoms. The number of carbonyl (C=O) groups is 1. The van der Waals surface area contributed by atoms with Crippen LogP contribution in [0.3, 0.4) is 0 Å². The van der Waals surface area contributed by atoms with Gasteiger partial charge < -0.3 is 5.32 Å². The smallest absolute Gasteiger partial charge is 0.146 e. The molecule has 0 saturated carbocycles. The molecular weight excluding hydrogens is 188 g/mol. The number of Topliss-reactive ketones (excluding diaryl/α,β-unsaturated/α-hetero) is 1.